The number of nitrogens with one attached hydrogen (secondary N) is 1. The fourth-order valence-electron chi connectivity index (χ4n) is 6.69. The molecule has 2 heterocycles. The molecule has 2 aliphatic rings. The van der Waals surface area contributed by atoms with Crippen molar-refractivity contribution < 1.29 is 56.3 Å². The summed E-state index contributed by atoms with van der Waals surface area (Å²) in [7, 11) is 8.20. The van der Waals surface area contributed by atoms with Crippen molar-refractivity contribution in [2.75, 3.05) is 45.2 Å². The van der Waals surface area contributed by atoms with Crippen molar-refractivity contribution in [2.45, 2.75) is 121 Å². The minimum absolute atomic E-state index is 0.0736. The molecule has 9 atom stereocenters. The molecule has 312 valence electrons. The highest BCUT2D eigenvalue weighted by molar-refractivity contribution is 8.76. The number of epoxide rings is 1. The second-order valence-corrected chi connectivity index (χ2v) is 17.4. The number of alkyl halides is 3. The number of ether oxygens (including phenoxy) is 5. The van der Waals surface area contributed by atoms with Crippen LogP contribution >= 0.6 is 33.2 Å². The molecule has 12 nitrogen and oxygen atoms in total. The van der Waals surface area contributed by atoms with E-state index in [1.54, 1.807) is 39.2 Å². The highest BCUT2D eigenvalue weighted by Crippen LogP contribution is 2.49. The average Bonchev–Trinajstić information content (AvgIpc) is 3.82. The number of hydrogen-bond donors (Lipinski definition) is 2. The zero-order valence-corrected chi connectivity index (χ0v) is 35.6. The molecular weight excluding hydrogens is 787 g/mol. The lowest BCUT2D eigenvalue weighted by Gasteiger charge is -2.41. The average molecular weight is 842 g/mol. The maximum atomic E-state index is 14.2. The topological polar surface area (TPSA) is 139 Å². The van der Waals surface area contributed by atoms with E-state index in [4.69, 9.17) is 35.3 Å². The Labute approximate surface area is 334 Å². The predicted octanol–water partition coefficient (Wildman–Crippen LogP) is 6.79. The molecule has 1 aromatic rings. The van der Waals surface area contributed by atoms with Crippen LogP contribution in [0.15, 0.2) is 23.8 Å². The van der Waals surface area contributed by atoms with E-state index in [1.807, 2.05) is 19.9 Å². The lowest BCUT2D eigenvalue weighted by Crippen LogP contribution is -2.63. The molecule has 0 aromatic heterocycles. The number of benzene rings is 1. The molecule has 18 heteroatoms. The maximum absolute atomic E-state index is 14.2. The van der Waals surface area contributed by atoms with Crippen LogP contribution in [0.1, 0.15) is 66.4 Å². The van der Waals surface area contributed by atoms with Gasteiger partial charge in [-0.2, -0.15) is 13.2 Å². The lowest BCUT2D eigenvalue weighted by molar-refractivity contribution is -0.191. The summed E-state index contributed by atoms with van der Waals surface area (Å²) >= 11 is 6.70. The van der Waals surface area contributed by atoms with Gasteiger partial charge in [-0.05, 0) is 78.5 Å². The normalized spacial score (nSPS) is 25.6. The number of carbonyl (C=O) groups is 3. The number of halogens is 4. The van der Waals surface area contributed by atoms with Gasteiger partial charge in [0.1, 0.15) is 46.8 Å². The molecule has 0 bridgehead atoms. The van der Waals surface area contributed by atoms with Crippen LogP contribution in [0.4, 0.5) is 23.7 Å². The number of likely N-dealkylation sites (N-methyl/N-ethyl adjacent to an activating group) is 1. The van der Waals surface area contributed by atoms with Crippen molar-refractivity contribution in [1.82, 2.24) is 10.2 Å². The van der Waals surface area contributed by atoms with Gasteiger partial charge < -0.3 is 33.7 Å². The molecule has 0 spiro atoms. The number of carbonyl (C=O) groups excluding carboxylic acids is 3. The molecule has 55 heavy (non-hydrogen) atoms. The summed E-state index contributed by atoms with van der Waals surface area (Å²) in [6.45, 7) is 10.1. The van der Waals surface area contributed by atoms with Crippen LogP contribution in [0.3, 0.4) is 0 Å². The standard InChI is InChI=1S/C37H55ClF3N3O9S2/c1-12-20(2)15-24-16-25(31(38)26(17-24)50-10)44(8)30(45)18-29(52-33(46)22(4)43(7)28(37(39,40)41)13-14-55-54-11)35(6)32(53-35)21(3)27-19-36(48,23(5)49-9)42-34(47)51-27/h12,16-17,21-23,27-29,32,48H,13-15,18-19H2,1-11H3,(H,42,47)/b20-12+/t21-,22+,23-,27+,28?,29+,32+,35+,36+/m1/s1. The van der Waals surface area contributed by atoms with Crippen LogP contribution in [-0.4, -0.2) is 122 Å². The molecule has 1 aromatic carbocycles. The Kier molecular flexibility index (Phi) is 16.5. The fourth-order valence-corrected chi connectivity index (χ4v) is 8.27. The van der Waals surface area contributed by atoms with Gasteiger partial charge in [-0.3, -0.25) is 19.8 Å². The number of hydrogen-bond acceptors (Lipinski definition) is 12. The minimum Gasteiger partial charge on any atom is -0.495 e. The van der Waals surface area contributed by atoms with E-state index in [-0.39, 0.29) is 23.6 Å². The van der Waals surface area contributed by atoms with Crippen LogP contribution in [0.25, 0.3) is 0 Å². The number of amides is 2. The molecule has 2 saturated heterocycles. The number of cyclic esters (lactones) is 1. The van der Waals surface area contributed by atoms with Gasteiger partial charge in [-0.25, -0.2) is 4.79 Å². The van der Waals surface area contributed by atoms with Crippen LogP contribution in [0.2, 0.25) is 5.02 Å². The Morgan fingerprint density at radius 1 is 1.22 bits per heavy atom. The van der Waals surface area contributed by atoms with Crippen molar-refractivity contribution in [2.24, 2.45) is 5.92 Å². The predicted molar refractivity (Wildman–Crippen MR) is 209 cm³/mol. The van der Waals surface area contributed by atoms with E-state index in [1.165, 1.54) is 61.7 Å². The Morgan fingerprint density at radius 2 is 1.87 bits per heavy atom. The van der Waals surface area contributed by atoms with Crippen molar-refractivity contribution in [3.8, 4) is 5.75 Å². The van der Waals surface area contributed by atoms with E-state index < -0.39 is 84.3 Å². The molecule has 0 saturated carbocycles. The minimum atomic E-state index is -4.62. The number of aliphatic hydroxyl groups is 1. The molecule has 1 unspecified atom stereocenters. The van der Waals surface area contributed by atoms with Gasteiger partial charge in [0.2, 0.25) is 5.91 Å². The summed E-state index contributed by atoms with van der Waals surface area (Å²) in [5.74, 6) is -1.58. The van der Waals surface area contributed by atoms with E-state index in [0.717, 1.165) is 16.0 Å². The van der Waals surface area contributed by atoms with Gasteiger partial charge in [-0.15, -0.1) is 0 Å². The third-order valence-corrected chi connectivity index (χ3v) is 13.0. The monoisotopic (exact) mass is 841 g/mol. The van der Waals surface area contributed by atoms with Gasteiger partial charge in [0.15, 0.2) is 5.72 Å². The van der Waals surface area contributed by atoms with Crippen LogP contribution < -0.4 is 15.0 Å². The van der Waals surface area contributed by atoms with Gasteiger partial charge >= 0.3 is 18.2 Å². The second kappa shape index (κ2) is 19.4. The Bertz CT molecular complexity index is 1560. The van der Waals surface area contributed by atoms with E-state index in [0.29, 0.717) is 17.9 Å². The van der Waals surface area contributed by atoms with E-state index in [2.05, 4.69) is 5.32 Å². The molecule has 2 amide bonds. The van der Waals surface area contributed by atoms with Crippen molar-refractivity contribution in [3.05, 3.63) is 34.4 Å². The highest BCUT2D eigenvalue weighted by Gasteiger charge is 2.64. The summed E-state index contributed by atoms with van der Waals surface area (Å²) < 4.78 is 71.1. The molecular formula is C37H55ClF3N3O9S2. The first kappa shape index (κ1) is 47.0. The number of esters is 1. The fraction of sp³-hybridized carbons (Fsp3) is 0.703. The number of methoxy groups -OCH3 is 2. The number of anilines is 1. The van der Waals surface area contributed by atoms with Crippen LogP contribution in [0, 0.1) is 5.92 Å². The van der Waals surface area contributed by atoms with Crippen molar-refractivity contribution >= 4 is 56.8 Å². The van der Waals surface area contributed by atoms with Crippen LogP contribution in [-0.2, 0) is 35.0 Å². The quantitative estimate of drug-likeness (QED) is 0.0499. The van der Waals surface area contributed by atoms with Crippen molar-refractivity contribution in [1.29, 1.82) is 0 Å². The van der Waals surface area contributed by atoms with Crippen molar-refractivity contribution in [3.63, 3.8) is 0 Å². The number of rotatable bonds is 19. The Morgan fingerprint density at radius 3 is 2.44 bits per heavy atom. The lowest BCUT2D eigenvalue weighted by atomic mass is 9.84. The number of alkyl carbamates (subject to hydrolysis) is 1. The summed E-state index contributed by atoms with van der Waals surface area (Å²) in [5.41, 5.74) is -0.884. The third-order valence-electron chi connectivity index (χ3n) is 10.8. The molecule has 3 rings (SSSR count). The highest BCUT2D eigenvalue weighted by atomic mass is 35.5. The Balaban J connectivity index is 1.97. The maximum Gasteiger partial charge on any atom is 0.409 e. The first-order valence-corrected chi connectivity index (χ1v) is 21.0. The first-order chi connectivity index (χ1) is 25.6. The van der Waals surface area contributed by atoms with E-state index in [9.17, 15) is 32.7 Å². The zero-order chi connectivity index (χ0) is 41.6. The van der Waals surface area contributed by atoms with Gasteiger partial charge in [0.25, 0.3) is 0 Å². The number of allylic oxidation sites excluding steroid dienone is 2. The summed E-state index contributed by atoms with van der Waals surface area (Å²) in [4.78, 5) is 42.7. The molecule has 0 aliphatic carbocycles. The second-order valence-electron chi connectivity index (χ2n) is 14.4. The van der Waals surface area contributed by atoms with Gasteiger partial charge in [-0.1, -0.05) is 51.8 Å². The summed E-state index contributed by atoms with van der Waals surface area (Å²) in [6, 6.07) is 0.245. The summed E-state index contributed by atoms with van der Waals surface area (Å²) in [5, 5.41) is 13.8. The third kappa shape index (κ3) is 11.4. The largest absolute Gasteiger partial charge is 0.495 e. The molecule has 2 aliphatic heterocycles. The molecule has 2 N–H and O–H groups in total. The van der Waals surface area contributed by atoms with Crippen LogP contribution in [0.5, 0.6) is 5.75 Å². The first-order valence-electron chi connectivity index (χ1n) is 17.9. The van der Waals surface area contributed by atoms with Gasteiger partial charge in [0, 0.05) is 32.2 Å². The van der Waals surface area contributed by atoms with Gasteiger partial charge in [0.05, 0.1) is 25.3 Å². The number of nitrogens with zero attached hydrogens (tertiary/aromatic N) is 2. The zero-order valence-electron chi connectivity index (χ0n) is 33.2. The SMILES string of the molecule is C/C=C(\C)Cc1cc(OC)c(Cl)c(N(C)C(=O)C[C@H](OC(=O)[C@H](C)N(C)C(CCSSC)C(F)(F)F)[C@]2(C)O[C@H]2[C@H](C)[C@@H]2C[C@](O)([C@@H](C)OC)NC(=O)O2)c1. The Hall–Kier alpha value is -2.41. The molecule has 2 fully saturated rings. The smallest absolute Gasteiger partial charge is 0.409 e. The molecule has 0 radical (unpaired) electrons. The van der Waals surface area contributed by atoms with E-state index >= 15 is 0 Å². The summed E-state index contributed by atoms with van der Waals surface area (Å²) in [6.07, 6.45) is -5.73.